The number of carbonyl (C=O) groups excluding carboxylic acids is 2. The van der Waals surface area contributed by atoms with Gasteiger partial charge < -0.3 is 15.3 Å². The quantitative estimate of drug-likeness (QED) is 0.390. The van der Waals surface area contributed by atoms with Crippen LogP contribution in [0.25, 0.3) is 0 Å². The summed E-state index contributed by atoms with van der Waals surface area (Å²) in [4.78, 5) is 29.8. The van der Waals surface area contributed by atoms with Gasteiger partial charge in [0.2, 0.25) is 0 Å². The van der Waals surface area contributed by atoms with Gasteiger partial charge in [-0.2, -0.15) is 0 Å². The number of rotatable bonds is 8. The molecule has 188 valence electrons. The SMILES string of the molecule is CCNC1(c2ccccc2Cl)C(=O)N(Cc2ccccc2)c2ccc(Cl)c(C(=O)NC(C)(C)CO)c21. The van der Waals surface area contributed by atoms with Crippen LogP contribution in [0.3, 0.4) is 0 Å². The number of halogens is 2. The lowest BCUT2D eigenvalue weighted by Gasteiger charge is -2.33. The number of carbonyl (C=O) groups is 2. The molecular formula is C28H29Cl2N3O3. The van der Waals surface area contributed by atoms with Crippen molar-refractivity contribution in [2.24, 2.45) is 0 Å². The molecule has 1 heterocycles. The van der Waals surface area contributed by atoms with Crippen molar-refractivity contribution in [1.29, 1.82) is 0 Å². The Balaban J connectivity index is 2.02. The number of hydrogen-bond donors (Lipinski definition) is 3. The monoisotopic (exact) mass is 525 g/mol. The van der Waals surface area contributed by atoms with E-state index in [0.29, 0.717) is 34.9 Å². The minimum atomic E-state index is -1.45. The molecule has 1 atom stereocenters. The molecule has 0 aliphatic carbocycles. The fourth-order valence-corrected chi connectivity index (χ4v) is 5.20. The van der Waals surface area contributed by atoms with Crippen LogP contribution >= 0.6 is 23.2 Å². The lowest BCUT2D eigenvalue weighted by molar-refractivity contribution is -0.123. The molecule has 4 rings (SSSR count). The zero-order chi connectivity index (χ0) is 26.1. The van der Waals surface area contributed by atoms with Crippen molar-refractivity contribution in [3.63, 3.8) is 0 Å². The topological polar surface area (TPSA) is 81.7 Å². The molecule has 1 aliphatic heterocycles. The highest BCUT2D eigenvalue weighted by Crippen LogP contribution is 2.50. The first-order valence-corrected chi connectivity index (χ1v) is 12.5. The van der Waals surface area contributed by atoms with Crippen LogP contribution in [-0.4, -0.2) is 35.6 Å². The Kier molecular flexibility index (Phi) is 7.43. The summed E-state index contributed by atoms with van der Waals surface area (Å²) in [6, 6.07) is 20.2. The molecule has 3 aromatic rings. The Hall–Kier alpha value is -2.90. The summed E-state index contributed by atoms with van der Waals surface area (Å²) < 4.78 is 0. The summed E-state index contributed by atoms with van der Waals surface area (Å²) in [6.45, 7) is 5.76. The van der Waals surface area contributed by atoms with Gasteiger partial charge >= 0.3 is 0 Å². The van der Waals surface area contributed by atoms with Crippen LogP contribution in [0.15, 0.2) is 66.7 Å². The second-order valence-electron chi connectivity index (χ2n) is 9.45. The van der Waals surface area contributed by atoms with Gasteiger partial charge in [-0.25, -0.2) is 0 Å². The van der Waals surface area contributed by atoms with Crippen molar-refractivity contribution in [3.05, 3.63) is 99.0 Å². The van der Waals surface area contributed by atoms with E-state index in [0.717, 1.165) is 5.56 Å². The van der Waals surface area contributed by atoms with E-state index in [1.165, 1.54) is 0 Å². The lowest BCUT2D eigenvalue weighted by atomic mass is 9.80. The van der Waals surface area contributed by atoms with Gasteiger partial charge in [-0.1, -0.05) is 78.7 Å². The number of likely N-dealkylation sites (N-methyl/N-ethyl adjacent to an activating group) is 1. The molecule has 3 aromatic carbocycles. The van der Waals surface area contributed by atoms with Crippen LogP contribution in [0, 0.1) is 0 Å². The maximum absolute atomic E-state index is 14.4. The summed E-state index contributed by atoms with van der Waals surface area (Å²) in [5.41, 5.74) is 0.302. The molecule has 3 N–H and O–H groups in total. The number of nitrogens with one attached hydrogen (secondary N) is 2. The van der Waals surface area contributed by atoms with Crippen LogP contribution in [0.4, 0.5) is 5.69 Å². The standard InChI is InChI=1S/C28H29Cl2N3O3/c1-4-31-28(19-12-8-9-13-20(19)29)24-22(33(26(28)36)16-18-10-6-5-7-11-18)15-14-21(30)23(24)25(35)32-27(2,3)17-34/h5-15,31,34H,4,16-17H2,1-3H3,(H,32,35). The number of hydrogen-bond acceptors (Lipinski definition) is 4. The van der Waals surface area contributed by atoms with Gasteiger partial charge in [0.15, 0.2) is 5.54 Å². The number of benzene rings is 3. The molecule has 0 bridgehead atoms. The molecule has 0 saturated carbocycles. The summed E-state index contributed by atoms with van der Waals surface area (Å²) in [6.07, 6.45) is 0. The average Bonchev–Trinajstić information content (AvgIpc) is 3.08. The smallest absolute Gasteiger partial charge is 0.257 e. The third-order valence-electron chi connectivity index (χ3n) is 6.34. The van der Waals surface area contributed by atoms with Gasteiger partial charge in [0.1, 0.15) is 0 Å². The Labute approximate surface area is 221 Å². The number of nitrogens with zero attached hydrogens (tertiary/aromatic N) is 1. The van der Waals surface area contributed by atoms with E-state index in [2.05, 4.69) is 10.6 Å². The molecule has 36 heavy (non-hydrogen) atoms. The Bertz CT molecular complexity index is 1300. The molecule has 2 amide bonds. The highest BCUT2D eigenvalue weighted by Gasteiger charge is 2.55. The molecule has 0 spiro atoms. The molecule has 1 unspecified atom stereocenters. The highest BCUT2D eigenvalue weighted by atomic mass is 35.5. The Morgan fingerprint density at radius 3 is 2.31 bits per heavy atom. The molecule has 6 nitrogen and oxygen atoms in total. The van der Waals surface area contributed by atoms with Gasteiger partial charge in [-0.05, 0) is 44.2 Å². The number of fused-ring (bicyclic) bond motifs is 1. The van der Waals surface area contributed by atoms with Crippen LogP contribution in [0.1, 0.15) is 47.8 Å². The molecule has 1 aliphatic rings. The number of amides is 2. The minimum Gasteiger partial charge on any atom is -0.394 e. The van der Waals surface area contributed by atoms with E-state index in [1.807, 2.05) is 43.3 Å². The van der Waals surface area contributed by atoms with Crippen LogP contribution in [0.2, 0.25) is 10.0 Å². The second-order valence-corrected chi connectivity index (χ2v) is 10.3. The summed E-state index contributed by atoms with van der Waals surface area (Å²) >= 11 is 13.4. The maximum Gasteiger partial charge on any atom is 0.257 e. The first-order chi connectivity index (χ1) is 17.2. The summed E-state index contributed by atoms with van der Waals surface area (Å²) in [5, 5.41) is 16.6. The molecule has 0 fully saturated rings. The predicted octanol–water partition coefficient (Wildman–Crippen LogP) is 4.89. The number of anilines is 1. The van der Waals surface area contributed by atoms with Gasteiger partial charge in [0, 0.05) is 16.1 Å². The highest BCUT2D eigenvalue weighted by molar-refractivity contribution is 6.35. The van der Waals surface area contributed by atoms with Crippen molar-refractivity contribution < 1.29 is 14.7 Å². The van der Waals surface area contributed by atoms with E-state index < -0.39 is 17.0 Å². The molecule has 8 heteroatoms. The fourth-order valence-electron chi connectivity index (χ4n) is 4.68. The van der Waals surface area contributed by atoms with E-state index in [1.54, 1.807) is 49.1 Å². The van der Waals surface area contributed by atoms with Crippen molar-refractivity contribution in [1.82, 2.24) is 10.6 Å². The van der Waals surface area contributed by atoms with E-state index >= 15 is 0 Å². The zero-order valence-electron chi connectivity index (χ0n) is 20.4. The first kappa shape index (κ1) is 26.2. The van der Waals surface area contributed by atoms with E-state index in [4.69, 9.17) is 23.2 Å². The van der Waals surface area contributed by atoms with Crippen molar-refractivity contribution in [2.75, 3.05) is 18.1 Å². The van der Waals surface area contributed by atoms with E-state index in [-0.39, 0.29) is 23.1 Å². The largest absolute Gasteiger partial charge is 0.394 e. The Morgan fingerprint density at radius 2 is 1.67 bits per heavy atom. The van der Waals surface area contributed by atoms with Crippen LogP contribution in [-0.2, 0) is 16.9 Å². The molecular weight excluding hydrogens is 497 g/mol. The number of aliphatic hydroxyl groups excluding tert-OH is 1. The Morgan fingerprint density at radius 1 is 1.00 bits per heavy atom. The third kappa shape index (κ3) is 4.50. The summed E-state index contributed by atoms with van der Waals surface area (Å²) in [5.74, 6) is -0.742. The third-order valence-corrected chi connectivity index (χ3v) is 6.99. The van der Waals surface area contributed by atoms with Gasteiger partial charge in [-0.3, -0.25) is 14.9 Å². The molecule has 0 radical (unpaired) electrons. The van der Waals surface area contributed by atoms with Crippen molar-refractivity contribution >= 4 is 40.7 Å². The summed E-state index contributed by atoms with van der Waals surface area (Å²) in [7, 11) is 0. The molecule has 0 aromatic heterocycles. The van der Waals surface area contributed by atoms with E-state index in [9.17, 15) is 14.7 Å². The van der Waals surface area contributed by atoms with Crippen LogP contribution in [0.5, 0.6) is 0 Å². The predicted molar refractivity (Wildman–Crippen MR) is 144 cm³/mol. The minimum absolute atomic E-state index is 0.167. The average molecular weight is 526 g/mol. The number of aliphatic hydroxyl groups is 1. The van der Waals surface area contributed by atoms with Crippen molar-refractivity contribution in [2.45, 2.75) is 38.4 Å². The van der Waals surface area contributed by atoms with Gasteiger partial charge in [0.25, 0.3) is 11.8 Å². The molecule has 0 saturated heterocycles. The fraction of sp³-hybridized carbons (Fsp3) is 0.286. The maximum atomic E-state index is 14.4. The van der Waals surface area contributed by atoms with Gasteiger partial charge in [0.05, 0.1) is 35.0 Å². The van der Waals surface area contributed by atoms with Crippen LogP contribution < -0.4 is 15.5 Å². The van der Waals surface area contributed by atoms with Crippen molar-refractivity contribution in [3.8, 4) is 0 Å². The normalized spacial score (nSPS) is 17.3. The first-order valence-electron chi connectivity index (χ1n) is 11.8. The second kappa shape index (κ2) is 10.2. The zero-order valence-corrected chi connectivity index (χ0v) is 22.0. The van der Waals surface area contributed by atoms with Gasteiger partial charge in [-0.15, -0.1) is 0 Å². The lowest BCUT2D eigenvalue weighted by Crippen LogP contribution is -2.53.